The van der Waals surface area contributed by atoms with Crippen molar-refractivity contribution in [3.8, 4) is 0 Å². The molecule has 0 aliphatic carbocycles. The van der Waals surface area contributed by atoms with E-state index >= 15 is 0 Å². The largest absolute Gasteiger partial charge is 0.462 e. The fourth-order valence-electron chi connectivity index (χ4n) is 7.93. The minimum absolute atomic E-state index is 0.0591. The number of hydrogen-bond acceptors (Lipinski definition) is 5. The van der Waals surface area contributed by atoms with Crippen molar-refractivity contribution in [1.29, 1.82) is 0 Å². The van der Waals surface area contributed by atoms with Crippen LogP contribution in [0.3, 0.4) is 0 Å². The first-order chi connectivity index (χ1) is 31.0. The number of nitrogens with one attached hydrogen (secondary N) is 1. The number of amides is 1. The number of esters is 1. The lowest BCUT2D eigenvalue weighted by molar-refractivity contribution is -0.151. The molecule has 0 aliphatic rings. The van der Waals surface area contributed by atoms with Crippen LogP contribution in [0.4, 0.5) is 0 Å². The van der Waals surface area contributed by atoms with Crippen molar-refractivity contribution in [2.75, 3.05) is 6.61 Å². The predicted molar refractivity (Wildman–Crippen MR) is 273 cm³/mol. The molecular formula is C57H101NO5. The number of unbranched alkanes of at least 4 members (excludes halogenated alkanes) is 28. The summed E-state index contributed by atoms with van der Waals surface area (Å²) in [4.78, 5) is 26.2. The SMILES string of the molecule is CC\C=C/C=C/C=C/C=C\C=C\C=C\CCCCCC(=O)OC(CCCCCCCCCCCCCCCCCCC)CC(=O)NC(CO)C(O)CCCCCCCCCCCC. The zero-order valence-electron chi connectivity index (χ0n) is 41.4. The van der Waals surface area contributed by atoms with Crippen LogP contribution in [0.1, 0.15) is 252 Å². The van der Waals surface area contributed by atoms with Gasteiger partial charge in [-0.15, -0.1) is 0 Å². The van der Waals surface area contributed by atoms with E-state index in [1.165, 1.54) is 135 Å². The van der Waals surface area contributed by atoms with Crippen LogP contribution in [0, 0.1) is 0 Å². The first kappa shape index (κ1) is 60.3. The zero-order chi connectivity index (χ0) is 45.9. The molecule has 0 saturated heterocycles. The first-order valence-corrected chi connectivity index (χ1v) is 26.7. The van der Waals surface area contributed by atoms with Crippen LogP contribution < -0.4 is 5.32 Å². The van der Waals surface area contributed by atoms with E-state index in [1.807, 2.05) is 48.6 Å². The Kier molecular flexibility index (Phi) is 48.1. The van der Waals surface area contributed by atoms with Gasteiger partial charge >= 0.3 is 5.97 Å². The summed E-state index contributed by atoms with van der Waals surface area (Å²) in [7, 11) is 0. The van der Waals surface area contributed by atoms with Crippen molar-refractivity contribution in [2.24, 2.45) is 0 Å². The second-order valence-electron chi connectivity index (χ2n) is 18.1. The lowest BCUT2D eigenvalue weighted by atomic mass is 10.0. The molecule has 6 nitrogen and oxygen atoms in total. The molecule has 0 aromatic heterocycles. The average molecular weight is 880 g/mol. The van der Waals surface area contributed by atoms with Crippen LogP contribution in [0.25, 0.3) is 0 Å². The molecule has 0 rings (SSSR count). The minimum Gasteiger partial charge on any atom is -0.462 e. The van der Waals surface area contributed by atoms with Gasteiger partial charge in [0.15, 0.2) is 0 Å². The molecule has 3 N–H and O–H groups in total. The Labute approximate surface area is 390 Å². The van der Waals surface area contributed by atoms with Gasteiger partial charge in [-0.1, -0.05) is 267 Å². The van der Waals surface area contributed by atoms with Crippen LogP contribution in [0.5, 0.6) is 0 Å². The Morgan fingerprint density at radius 2 is 0.857 bits per heavy atom. The maximum Gasteiger partial charge on any atom is 0.306 e. The topological polar surface area (TPSA) is 95.9 Å². The molecule has 1 amide bonds. The lowest BCUT2D eigenvalue weighted by Gasteiger charge is -2.24. The molecule has 0 aliphatic heterocycles. The Bertz CT molecular complexity index is 1170. The van der Waals surface area contributed by atoms with Gasteiger partial charge in [0.25, 0.3) is 0 Å². The third-order valence-electron chi connectivity index (χ3n) is 12.0. The highest BCUT2D eigenvalue weighted by molar-refractivity contribution is 5.77. The summed E-state index contributed by atoms with van der Waals surface area (Å²) in [5.74, 6) is -0.520. The second-order valence-corrected chi connectivity index (χ2v) is 18.1. The van der Waals surface area contributed by atoms with Gasteiger partial charge in [0.05, 0.1) is 25.2 Å². The highest BCUT2D eigenvalue weighted by Crippen LogP contribution is 2.18. The van der Waals surface area contributed by atoms with Gasteiger partial charge in [-0.25, -0.2) is 0 Å². The number of rotatable bonds is 47. The molecule has 0 bridgehead atoms. The van der Waals surface area contributed by atoms with Crippen molar-refractivity contribution in [1.82, 2.24) is 5.32 Å². The molecule has 63 heavy (non-hydrogen) atoms. The number of hydrogen-bond donors (Lipinski definition) is 3. The Hall–Kier alpha value is -2.70. The van der Waals surface area contributed by atoms with E-state index in [1.54, 1.807) is 0 Å². The fraction of sp³-hybridized carbons (Fsp3) is 0.754. The first-order valence-electron chi connectivity index (χ1n) is 26.7. The maximum atomic E-state index is 13.2. The van der Waals surface area contributed by atoms with E-state index < -0.39 is 18.2 Å². The Morgan fingerprint density at radius 3 is 1.29 bits per heavy atom. The molecule has 6 heteroatoms. The van der Waals surface area contributed by atoms with E-state index in [9.17, 15) is 19.8 Å². The van der Waals surface area contributed by atoms with Crippen molar-refractivity contribution in [3.05, 3.63) is 72.9 Å². The van der Waals surface area contributed by atoms with Gasteiger partial charge in [0, 0.05) is 6.42 Å². The summed E-state index contributed by atoms with van der Waals surface area (Å²) in [5.41, 5.74) is 0. The molecule has 0 saturated carbocycles. The van der Waals surface area contributed by atoms with Crippen LogP contribution in [0.2, 0.25) is 0 Å². The standard InChI is InChI=1S/C57H101NO5/c1-4-7-10-13-16-19-22-24-26-28-30-32-34-36-39-42-45-48-53(51-56(61)58-54(52-59)55(60)49-46-43-40-37-21-18-15-12-9-6-3)63-57(62)50-47-44-41-38-35-33-31-29-27-25-23-20-17-14-11-8-5-2/h8,11,14,17,20,23,25,27,29,31,33,35,53-55,59-60H,4-7,9-10,12-13,15-16,18-19,21-22,24,26,28,30,32,34,36-52H2,1-3H3,(H,58,61)/b11-8-,17-14+,23-20+,27-25-,31-29+,35-33+. The van der Waals surface area contributed by atoms with E-state index in [4.69, 9.17) is 4.74 Å². The van der Waals surface area contributed by atoms with Gasteiger partial charge in [0.1, 0.15) is 6.10 Å². The number of ether oxygens (including phenoxy) is 1. The van der Waals surface area contributed by atoms with Crippen LogP contribution in [0.15, 0.2) is 72.9 Å². The molecule has 364 valence electrons. The van der Waals surface area contributed by atoms with Crippen molar-refractivity contribution in [2.45, 2.75) is 270 Å². The summed E-state index contributed by atoms with van der Waals surface area (Å²) in [6.45, 7) is 6.33. The average Bonchev–Trinajstić information content (AvgIpc) is 3.28. The summed E-state index contributed by atoms with van der Waals surface area (Å²) >= 11 is 0. The number of carbonyl (C=O) groups excluding carboxylic acids is 2. The number of aliphatic hydroxyl groups is 2. The summed E-state index contributed by atoms with van der Waals surface area (Å²) < 4.78 is 5.93. The van der Waals surface area contributed by atoms with Gasteiger partial charge in [0.2, 0.25) is 5.91 Å². The molecule has 0 spiro atoms. The number of carbonyl (C=O) groups is 2. The predicted octanol–water partition coefficient (Wildman–Crippen LogP) is 16.2. The normalized spacial score (nSPS) is 13.8. The monoisotopic (exact) mass is 880 g/mol. The van der Waals surface area contributed by atoms with E-state index in [-0.39, 0.29) is 24.9 Å². The van der Waals surface area contributed by atoms with Crippen LogP contribution in [-0.2, 0) is 14.3 Å². The molecule has 3 atom stereocenters. The van der Waals surface area contributed by atoms with Gasteiger partial charge in [-0.2, -0.15) is 0 Å². The summed E-state index contributed by atoms with van der Waals surface area (Å²) in [6, 6.07) is -0.712. The molecule has 0 fully saturated rings. The minimum atomic E-state index is -0.796. The van der Waals surface area contributed by atoms with E-state index in [2.05, 4.69) is 50.4 Å². The van der Waals surface area contributed by atoms with Crippen LogP contribution in [-0.4, -0.2) is 46.9 Å². The molecular weight excluding hydrogens is 779 g/mol. The van der Waals surface area contributed by atoms with Crippen molar-refractivity contribution in [3.63, 3.8) is 0 Å². The Morgan fingerprint density at radius 1 is 0.476 bits per heavy atom. The van der Waals surface area contributed by atoms with Crippen molar-refractivity contribution >= 4 is 11.9 Å². The number of aliphatic hydroxyl groups excluding tert-OH is 2. The smallest absolute Gasteiger partial charge is 0.306 e. The summed E-state index contributed by atoms with van der Waals surface area (Å²) in [5, 5.41) is 23.7. The highest BCUT2D eigenvalue weighted by atomic mass is 16.5. The Balaban J connectivity index is 4.66. The van der Waals surface area contributed by atoms with Crippen molar-refractivity contribution < 1.29 is 24.5 Å². The highest BCUT2D eigenvalue weighted by Gasteiger charge is 2.24. The van der Waals surface area contributed by atoms with E-state index in [0.717, 1.165) is 70.6 Å². The second kappa shape index (κ2) is 50.3. The third-order valence-corrected chi connectivity index (χ3v) is 12.0. The van der Waals surface area contributed by atoms with E-state index in [0.29, 0.717) is 19.3 Å². The zero-order valence-corrected chi connectivity index (χ0v) is 41.4. The lowest BCUT2D eigenvalue weighted by Crippen LogP contribution is -2.46. The number of allylic oxidation sites excluding steroid dienone is 12. The van der Waals surface area contributed by atoms with Gasteiger partial charge in [-0.05, 0) is 44.9 Å². The molecule has 0 aromatic carbocycles. The quantitative estimate of drug-likeness (QED) is 0.0321. The fourth-order valence-corrected chi connectivity index (χ4v) is 7.93. The van der Waals surface area contributed by atoms with Gasteiger partial charge < -0.3 is 20.3 Å². The molecule has 0 radical (unpaired) electrons. The third kappa shape index (κ3) is 45.7. The summed E-state index contributed by atoms with van der Waals surface area (Å²) in [6.07, 6.45) is 63.9. The molecule has 3 unspecified atom stereocenters. The van der Waals surface area contributed by atoms with Gasteiger partial charge in [-0.3, -0.25) is 9.59 Å². The maximum absolute atomic E-state index is 13.2. The molecule has 0 heterocycles. The molecule has 0 aromatic rings. The van der Waals surface area contributed by atoms with Crippen LogP contribution >= 0.6 is 0 Å².